The highest BCUT2D eigenvalue weighted by Gasteiger charge is 2.34. The van der Waals surface area contributed by atoms with E-state index in [1.807, 2.05) is 34.1 Å². The second kappa shape index (κ2) is 8.21. The Bertz CT molecular complexity index is 824. The van der Waals surface area contributed by atoms with Crippen LogP contribution in [0.4, 0.5) is 0 Å². The first-order valence-corrected chi connectivity index (χ1v) is 10.3. The van der Waals surface area contributed by atoms with Gasteiger partial charge in [0.05, 0.1) is 25.3 Å². The third-order valence-electron chi connectivity index (χ3n) is 6.18. The number of hydrogen-bond donors (Lipinski definition) is 0. The van der Waals surface area contributed by atoms with Crippen molar-refractivity contribution in [2.45, 2.75) is 64.1 Å². The first kappa shape index (κ1) is 18.8. The summed E-state index contributed by atoms with van der Waals surface area (Å²) in [5.74, 6) is 0.953. The molecule has 1 aliphatic carbocycles. The lowest BCUT2D eigenvalue weighted by molar-refractivity contribution is -0.138. The topological polar surface area (TPSA) is 53.8 Å². The lowest BCUT2D eigenvalue weighted by Crippen LogP contribution is -2.44. The minimum atomic E-state index is -0.185. The zero-order valence-electron chi connectivity index (χ0n) is 16.5. The van der Waals surface area contributed by atoms with Gasteiger partial charge < -0.3 is 14.2 Å². The maximum atomic E-state index is 13.4. The highest BCUT2D eigenvalue weighted by Crippen LogP contribution is 2.34. The molecule has 1 fully saturated rings. The fraction of sp³-hybridized carbons (Fsp3) is 0.478. The quantitative estimate of drug-likeness (QED) is 0.785. The van der Waals surface area contributed by atoms with Crippen LogP contribution in [0.25, 0.3) is 0 Å². The van der Waals surface area contributed by atoms with Gasteiger partial charge in [0, 0.05) is 19.5 Å². The molecule has 0 spiro atoms. The molecule has 1 atom stereocenters. The minimum absolute atomic E-state index is 0.0331. The lowest BCUT2D eigenvalue weighted by Gasteiger charge is -2.38. The average Bonchev–Trinajstić information content (AvgIpc) is 3.40. The number of furan rings is 1. The van der Waals surface area contributed by atoms with E-state index in [9.17, 15) is 9.59 Å². The molecule has 0 radical (unpaired) electrons. The fourth-order valence-electron chi connectivity index (χ4n) is 4.74. The Kier molecular flexibility index (Phi) is 5.51. The molecule has 5 nitrogen and oxygen atoms in total. The molecule has 2 amide bonds. The van der Waals surface area contributed by atoms with E-state index in [4.69, 9.17) is 4.42 Å². The lowest BCUT2D eigenvalue weighted by atomic mass is 9.90. The van der Waals surface area contributed by atoms with Crippen LogP contribution in [0.2, 0.25) is 0 Å². The zero-order chi connectivity index (χ0) is 19.5. The van der Waals surface area contributed by atoms with Crippen LogP contribution >= 0.6 is 0 Å². The van der Waals surface area contributed by atoms with Gasteiger partial charge in [-0.2, -0.15) is 0 Å². The Labute approximate surface area is 166 Å². The molecule has 1 aromatic heterocycles. The zero-order valence-corrected chi connectivity index (χ0v) is 16.5. The average molecular weight is 380 g/mol. The molecule has 0 saturated heterocycles. The van der Waals surface area contributed by atoms with Crippen LogP contribution in [-0.2, 0) is 22.6 Å². The van der Waals surface area contributed by atoms with Gasteiger partial charge in [-0.05, 0) is 42.5 Å². The van der Waals surface area contributed by atoms with Crippen LogP contribution in [0.15, 0.2) is 47.1 Å². The Morgan fingerprint density at radius 2 is 1.93 bits per heavy atom. The molecular weight excluding hydrogens is 352 g/mol. The van der Waals surface area contributed by atoms with Gasteiger partial charge in [0.15, 0.2) is 0 Å². The first-order chi connectivity index (χ1) is 13.6. The molecule has 1 aromatic carbocycles. The standard InChI is InChI=1S/C23H28N2O3/c1-17(26)24-13-12-18-7-2-5-11-21(18)22(24)15-23(27)25(19-8-3-4-9-19)16-20-10-6-14-28-20/h2,5-7,10-11,14,19,22H,3-4,8-9,12-13,15-16H2,1H3. The molecule has 4 rings (SSSR count). The Hall–Kier alpha value is -2.56. The summed E-state index contributed by atoms with van der Waals surface area (Å²) in [4.78, 5) is 29.6. The Balaban J connectivity index is 1.58. The van der Waals surface area contributed by atoms with Gasteiger partial charge in [-0.3, -0.25) is 9.59 Å². The first-order valence-electron chi connectivity index (χ1n) is 10.3. The summed E-state index contributed by atoms with van der Waals surface area (Å²) in [6, 6.07) is 12.1. The van der Waals surface area contributed by atoms with E-state index >= 15 is 0 Å². The highest BCUT2D eigenvalue weighted by atomic mass is 16.3. The van der Waals surface area contributed by atoms with Gasteiger partial charge in [-0.25, -0.2) is 0 Å². The number of hydrogen-bond acceptors (Lipinski definition) is 3. The molecule has 2 heterocycles. The predicted octanol–water partition coefficient (Wildman–Crippen LogP) is 4.09. The van der Waals surface area contributed by atoms with Crippen LogP contribution in [-0.4, -0.2) is 34.2 Å². The maximum Gasteiger partial charge on any atom is 0.225 e. The van der Waals surface area contributed by atoms with Crippen molar-refractivity contribution in [3.05, 3.63) is 59.5 Å². The number of amides is 2. The largest absolute Gasteiger partial charge is 0.467 e. The van der Waals surface area contributed by atoms with E-state index in [-0.39, 0.29) is 23.9 Å². The van der Waals surface area contributed by atoms with Gasteiger partial charge in [-0.15, -0.1) is 0 Å². The van der Waals surface area contributed by atoms with Crippen LogP contribution in [0, 0.1) is 0 Å². The van der Waals surface area contributed by atoms with Crippen LogP contribution < -0.4 is 0 Å². The summed E-state index contributed by atoms with van der Waals surface area (Å²) in [6.45, 7) is 2.78. The SMILES string of the molecule is CC(=O)N1CCc2ccccc2C1CC(=O)N(Cc1ccco1)C1CCCC1. The molecule has 1 aliphatic heterocycles. The summed E-state index contributed by atoms with van der Waals surface area (Å²) in [6.07, 6.45) is 7.25. The van der Waals surface area contributed by atoms with Crippen molar-refractivity contribution in [2.75, 3.05) is 6.54 Å². The van der Waals surface area contributed by atoms with E-state index in [1.165, 1.54) is 18.4 Å². The molecule has 0 N–H and O–H groups in total. The smallest absolute Gasteiger partial charge is 0.225 e. The van der Waals surface area contributed by atoms with Gasteiger partial charge in [0.25, 0.3) is 0 Å². The summed E-state index contributed by atoms with van der Waals surface area (Å²) < 4.78 is 5.52. The van der Waals surface area contributed by atoms with Crippen LogP contribution in [0.1, 0.15) is 62.0 Å². The van der Waals surface area contributed by atoms with Crippen molar-refractivity contribution in [3.63, 3.8) is 0 Å². The van der Waals surface area contributed by atoms with Gasteiger partial charge in [0.2, 0.25) is 11.8 Å². The summed E-state index contributed by atoms with van der Waals surface area (Å²) >= 11 is 0. The normalized spacial score (nSPS) is 19.5. The van der Waals surface area contributed by atoms with E-state index in [0.29, 0.717) is 19.5 Å². The maximum absolute atomic E-state index is 13.4. The Morgan fingerprint density at radius 3 is 2.64 bits per heavy atom. The molecule has 1 unspecified atom stereocenters. The number of rotatable bonds is 5. The number of benzene rings is 1. The fourth-order valence-corrected chi connectivity index (χ4v) is 4.74. The van der Waals surface area contributed by atoms with Crippen molar-refractivity contribution < 1.29 is 14.0 Å². The van der Waals surface area contributed by atoms with Crippen molar-refractivity contribution in [3.8, 4) is 0 Å². The van der Waals surface area contributed by atoms with Crippen molar-refractivity contribution in [1.82, 2.24) is 9.80 Å². The molecule has 0 bridgehead atoms. The molecule has 28 heavy (non-hydrogen) atoms. The summed E-state index contributed by atoms with van der Waals surface area (Å²) in [5.41, 5.74) is 2.36. The molecule has 5 heteroatoms. The van der Waals surface area contributed by atoms with E-state index in [2.05, 4.69) is 12.1 Å². The number of fused-ring (bicyclic) bond motifs is 1. The highest BCUT2D eigenvalue weighted by molar-refractivity contribution is 5.80. The minimum Gasteiger partial charge on any atom is -0.467 e. The van der Waals surface area contributed by atoms with Gasteiger partial charge in [0.1, 0.15) is 5.76 Å². The molecule has 2 aromatic rings. The third-order valence-corrected chi connectivity index (χ3v) is 6.18. The monoisotopic (exact) mass is 380 g/mol. The number of carbonyl (C=O) groups is 2. The van der Waals surface area contributed by atoms with Crippen LogP contribution in [0.5, 0.6) is 0 Å². The molecule has 148 valence electrons. The molecule has 1 saturated carbocycles. The van der Waals surface area contributed by atoms with Crippen molar-refractivity contribution in [1.29, 1.82) is 0 Å². The van der Waals surface area contributed by atoms with Gasteiger partial charge >= 0.3 is 0 Å². The molecular formula is C23H28N2O3. The second-order valence-electron chi connectivity index (χ2n) is 7.92. The van der Waals surface area contributed by atoms with Crippen molar-refractivity contribution >= 4 is 11.8 Å². The number of carbonyl (C=O) groups excluding carboxylic acids is 2. The van der Waals surface area contributed by atoms with E-state index < -0.39 is 0 Å². The molecule has 2 aliphatic rings. The predicted molar refractivity (Wildman–Crippen MR) is 106 cm³/mol. The third kappa shape index (κ3) is 3.84. The van der Waals surface area contributed by atoms with Crippen molar-refractivity contribution in [2.24, 2.45) is 0 Å². The second-order valence-corrected chi connectivity index (χ2v) is 7.92. The van der Waals surface area contributed by atoms with Crippen LogP contribution in [0.3, 0.4) is 0 Å². The summed E-state index contributed by atoms with van der Waals surface area (Å²) in [7, 11) is 0. The van der Waals surface area contributed by atoms with E-state index in [1.54, 1.807) is 13.2 Å². The Morgan fingerprint density at radius 1 is 1.14 bits per heavy atom. The van der Waals surface area contributed by atoms with E-state index in [0.717, 1.165) is 30.6 Å². The number of nitrogens with zero attached hydrogens (tertiary/aromatic N) is 2. The van der Waals surface area contributed by atoms with Gasteiger partial charge in [-0.1, -0.05) is 37.1 Å². The summed E-state index contributed by atoms with van der Waals surface area (Å²) in [5, 5.41) is 0.